The zero-order valence-corrected chi connectivity index (χ0v) is 29.8. The molecule has 1 aliphatic carbocycles. The Kier molecular flexibility index (Phi) is 12.1. The van der Waals surface area contributed by atoms with Crippen molar-refractivity contribution in [1.82, 2.24) is 5.32 Å². The van der Waals surface area contributed by atoms with E-state index < -0.39 is 23.0 Å². The summed E-state index contributed by atoms with van der Waals surface area (Å²) in [5.74, 6) is -1.16. The van der Waals surface area contributed by atoms with Crippen molar-refractivity contribution < 1.29 is 23.9 Å². The first kappa shape index (κ1) is 35.6. The van der Waals surface area contributed by atoms with Crippen LogP contribution >= 0.6 is 23.1 Å². The van der Waals surface area contributed by atoms with Gasteiger partial charge in [-0.2, -0.15) is 0 Å². The van der Waals surface area contributed by atoms with Crippen molar-refractivity contribution in [3.63, 3.8) is 0 Å². The maximum absolute atomic E-state index is 13.6. The number of aryl methyl sites for hydroxylation is 1. The topological polar surface area (TPSA) is 114 Å². The van der Waals surface area contributed by atoms with Crippen molar-refractivity contribution in [3.05, 3.63) is 117 Å². The minimum Gasteiger partial charge on any atom is -0.462 e. The standard InChI is InChI=1S/C39H41N3O5S2/c1-5-47-39(46)34-31-16-9-10-17-33(31)49-38(34)42-35(43)25(4)48-30-15-11-14-29(23-30)40-37(45)32(41-36(44)28-12-7-6-8-13-28)22-26-18-20-27(21-19-26)24(2)3/h6-8,11-15,18-25H,5,9-10,16-17H2,1-4H3,(H,40,45)(H,41,44)(H,42,43)/b32-22+. The Labute approximate surface area is 295 Å². The van der Waals surface area contributed by atoms with E-state index in [0.29, 0.717) is 27.7 Å². The van der Waals surface area contributed by atoms with Crippen LogP contribution in [0.1, 0.15) is 88.7 Å². The number of carbonyl (C=O) groups excluding carboxylic acids is 4. The van der Waals surface area contributed by atoms with E-state index in [1.165, 1.54) is 28.7 Å². The summed E-state index contributed by atoms with van der Waals surface area (Å²) in [6, 6.07) is 23.8. The van der Waals surface area contributed by atoms with Gasteiger partial charge < -0.3 is 20.7 Å². The third kappa shape index (κ3) is 9.28. The molecule has 49 heavy (non-hydrogen) atoms. The molecule has 3 aromatic carbocycles. The van der Waals surface area contributed by atoms with E-state index in [1.807, 2.05) is 36.4 Å². The molecule has 0 radical (unpaired) electrons. The lowest BCUT2D eigenvalue weighted by molar-refractivity contribution is -0.115. The van der Waals surface area contributed by atoms with Gasteiger partial charge in [-0.15, -0.1) is 23.1 Å². The second-order valence-electron chi connectivity index (χ2n) is 12.1. The molecule has 10 heteroatoms. The summed E-state index contributed by atoms with van der Waals surface area (Å²) in [7, 11) is 0. The van der Waals surface area contributed by atoms with Crippen molar-refractivity contribution in [2.24, 2.45) is 0 Å². The zero-order valence-electron chi connectivity index (χ0n) is 28.1. The Morgan fingerprint density at radius 1 is 0.898 bits per heavy atom. The number of ether oxygens (including phenoxy) is 1. The maximum atomic E-state index is 13.6. The van der Waals surface area contributed by atoms with Crippen LogP contribution in [0.25, 0.3) is 6.08 Å². The van der Waals surface area contributed by atoms with Gasteiger partial charge in [0.1, 0.15) is 10.7 Å². The predicted octanol–water partition coefficient (Wildman–Crippen LogP) is 8.46. The molecule has 8 nitrogen and oxygen atoms in total. The average Bonchev–Trinajstić information content (AvgIpc) is 3.46. The minimum atomic E-state index is -0.505. The molecule has 1 aromatic heterocycles. The Morgan fingerprint density at radius 3 is 2.35 bits per heavy atom. The lowest BCUT2D eigenvalue weighted by Crippen LogP contribution is -2.30. The van der Waals surface area contributed by atoms with Crippen molar-refractivity contribution >= 4 is 63.6 Å². The first-order valence-electron chi connectivity index (χ1n) is 16.5. The smallest absolute Gasteiger partial charge is 0.341 e. The van der Waals surface area contributed by atoms with Crippen LogP contribution in [0, 0.1) is 0 Å². The number of anilines is 2. The summed E-state index contributed by atoms with van der Waals surface area (Å²) in [5.41, 5.74) is 4.44. The predicted molar refractivity (Wildman–Crippen MR) is 198 cm³/mol. The highest BCUT2D eigenvalue weighted by molar-refractivity contribution is 8.00. The Hall–Kier alpha value is -4.67. The fourth-order valence-corrected chi connectivity index (χ4v) is 7.68. The molecule has 0 saturated heterocycles. The van der Waals surface area contributed by atoms with E-state index in [2.05, 4.69) is 29.8 Å². The summed E-state index contributed by atoms with van der Waals surface area (Å²) < 4.78 is 5.33. The molecule has 0 aliphatic heterocycles. The number of esters is 1. The highest BCUT2D eigenvalue weighted by atomic mass is 32.2. The molecule has 0 spiro atoms. The van der Waals surface area contributed by atoms with Crippen LogP contribution in [0.5, 0.6) is 0 Å². The van der Waals surface area contributed by atoms with E-state index >= 15 is 0 Å². The molecule has 4 aromatic rings. The van der Waals surface area contributed by atoms with Crippen LogP contribution in [-0.4, -0.2) is 35.5 Å². The van der Waals surface area contributed by atoms with Gasteiger partial charge in [0.05, 0.1) is 17.4 Å². The van der Waals surface area contributed by atoms with Crippen LogP contribution < -0.4 is 16.0 Å². The molecule has 0 fully saturated rings. The Bertz CT molecular complexity index is 1850. The number of amides is 3. The van der Waals surface area contributed by atoms with E-state index in [-0.39, 0.29) is 18.2 Å². The fraction of sp³-hybridized carbons (Fsp3) is 0.282. The van der Waals surface area contributed by atoms with E-state index in [9.17, 15) is 19.2 Å². The lowest BCUT2D eigenvalue weighted by atomic mass is 9.95. The third-order valence-electron chi connectivity index (χ3n) is 8.10. The molecule has 1 atom stereocenters. The molecule has 3 N–H and O–H groups in total. The summed E-state index contributed by atoms with van der Waals surface area (Å²) in [4.78, 5) is 54.8. The Morgan fingerprint density at radius 2 is 1.63 bits per heavy atom. The molecule has 3 amide bonds. The number of fused-ring (bicyclic) bond motifs is 1. The molecule has 5 rings (SSSR count). The van der Waals surface area contributed by atoms with Gasteiger partial charge in [-0.3, -0.25) is 14.4 Å². The number of benzene rings is 3. The van der Waals surface area contributed by atoms with Crippen molar-refractivity contribution in [1.29, 1.82) is 0 Å². The van der Waals surface area contributed by atoms with Gasteiger partial charge in [0.25, 0.3) is 11.8 Å². The first-order valence-corrected chi connectivity index (χ1v) is 18.2. The van der Waals surface area contributed by atoms with Crippen LogP contribution in [0.3, 0.4) is 0 Å². The maximum Gasteiger partial charge on any atom is 0.341 e. The number of thioether (sulfide) groups is 1. The number of thiophene rings is 1. The SMILES string of the molecule is CCOC(=O)c1c(NC(=O)C(C)Sc2cccc(NC(=O)/C(=C\c3ccc(C(C)C)cc3)NC(=O)c3ccccc3)c2)sc2c1CCCC2. The van der Waals surface area contributed by atoms with Crippen molar-refractivity contribution in [2.75, 3.05) is 17.2 Å². The normalized spacial score (nSPS) is 13.3. The minimum absolute atomic E-state index is 0.0907. The molecule has 1 unspecified atom stereocenters. The van der Waals surface area contributed by atoms with Crippen LogP contribution in [0.15, 0.2) is 89.5 Å². The van der Waals surface area contributed by atoms with Gasteiger partial charge in [-0.05, 0) is 98.5 Å². The first-order chi connectivity index (χ1) is 23.6. The van der Waals surface area contributed by atoms with E-state index in [4.69, 9.17) is 4.74 Å². The summed E-state index contributed by atoms with van der Waals surface area (Å²) in [6.45, 7) is 8.06. The van der Waals surface area contributed by atoms with Crippen LogP contribution in [-0.2, 0) is 27.2 Å². The summed E-state index contributed by atoms with van der Waals surface area (Å²) in [5, 5.41) is 8.72. The fourth-order valence-electron chi connectivity index (χ4n) is 5.48. The second kappa shape index (κ2) is 16.6. The van der Waals surface area contributed by atoms with Gasteiger partial charge >= 0.3 is 5.97 Å². The highest BCUT2D eigenvalue weighted by Crippen LogP contribution is 2.39. The van der Waals surface area contributed by atoms with Crippen LogP contribution in [0.2, 0.25) is 0 Å². The molecular weight excluding hydrogens is 655 g/mol. The molecule has 1 aliphatic rings. The van der Waals surface area contributed by atoms with Crippen molar-refractivity contribution in [2.45, 2.75) is 69.4 Å². The van der Waals surface area contributed by atoms with Gasteiger partial charge in [0, 0.05) is 21.0 Å². The van der Waals surface area contributed by atoms with Gasteiger partial charge in [0.15, 0.2) is 0 Å². The molecule has 1 heterocycles. The molecule has 0 bridgehead atoms. The van der Waals surface area contributed by atoms with Gasteiger partial charge in [-0.1, -0.05) is 62.4 Å². The number of carbonyl (C=O) groups is 4. The summed E-state index contributed by atoms with van der Waals surface area (Å²) >= 11 is 2.80. The quantitative estimate of drug-likeness (QED) is 0.0779. The largest absolute Gasteiger partial charge is 0.462 e. The van der Waals surface area contributed by atoms with Crippen molar-refractivity contribution in [3.8, 4) is 0 Å². The number of nitrogens with one attached hydrogen (secondary N) is 3. The number of hydrogen-bond donors (Lipinski definition) is 3. The Balaban J connectivity index is 1.30. The monoisotopic (exact) mass is 695 g/mol. The second-order valence-corrected chi connectivity index (χ2v) is 14.6. The molecule has 0 saturated carbocycles. The number of rotatable bonds is 12. The highest BCUT2D eigenvalue weighted by Gasteiger charge is 2.28. The molecule has 254 valence electrons. The average molecular weight is 696 g/mol. The number of hydrogen-bond acceptors (Lipinski definition) is 7. The molecular formula is C39H41N3O5S2. The van der Waals surface area contributed by atoms with E-state index in [1.54, 1.807) is 62.4 Å². The zero-order chi connectivity index (χ0) is 34.9. The lowest BCUT2D eigenvalue weighted by Gasteiger charge is -2.15. The summed E-state index contributed by atoms with van der Waals surface area (Å²) in [6.07, 6.45) is 5.41. The van der Waals surface area contributed by atoms with E-state index in [0.717, 1.165) is 46.6 Å². The van der Waals surface area contributed by atoms with Crippen LogP contribution in [0.4, 0.5) is 10.7 Å². The third-order valence-corrected chi connectivity index (χ3v) is 10.4. The van der Waals surface area contributed by atoms with Gasteiger partial charge in [-0.25, -0.2) is 4.79 Å². The van der Waals surface area contributed by atoms with Gasteiger partial charge in [0.2, 0.25) is 5.91 Å².